The van der Waals surface area contributed by atoms with Crippen molar-refractivity contribution < 1.29 is 18.4 Å². The number of carbonyl (C=O) groups excluding carboxylic acids is 2. The number of pyridine rings is 1. The third-order valence-corrected chi connectivity index (χ3v) is 4.58. The van der Waals surface area contributed by atoms with Crippen LogP contribution < -0.4 is 5.32 Å². The predicted molar refractivity (Wildman–Crippen MR) is 111 cm³/mol. The molecule has 0 aliphatic rings. The minimum absolute atomic E-state index is 0.0262. The molecule has 3 aromatic carbocycles. The summed E-state index contributed by atoms with van der Waals surface area (Å²) in [6.07, 6.45) is 1.43. The third-order valence-electron chi connectivity index (χ3n) is 4.58. The number of benzene rings is 3. The number of ketones is 1. The van der Waals surface area contributed by atoms with Gasteiger partial charge in [-0.3, -0.25) is 14.6 Å². The molecule has 1 aromatic heterocycles. The molecule has 0 radical (unpaired) electrons. The highest BCUT2D eigenvalue weighted by molar-refractivity contribution is 6.11. The second kappa shape index (κ2) is 8.13. The van der Waals surface area contributed by atoms with Gasteiger partial charge in [-0.05, 0) is 60.7 Å². The van der Waals surface area contributed by atoms with Crippen LogP contribution in [0.1, 0.15) is 31.8 Å². The largest absolute Gasteiger partial charge is 0.322 e. The van der Waals surface area contributed by atoms with Gasteiger partial charge in [0.05, 0.1) is 11.1 Å². The fourth-order valence-corrected chi connectivity index (χ4v) is 3.13. The van der Waals surface area contributed by atoms with E-state index in [1.807, 2.05) is 6.07 Å². The SMILES string of the molecule is N#Cc1cnc2ccc(C(=O)c3cc(F)cc(NC(=O)c4cccc(F)c4)c3)cc2c1. The van der Waals surface area contributed by atoms with E-state index in [2.05, 4.69) is 10.3 Å². The van der Waals surface area contributed by atoms with Crippen molar-refractivity contribution in [2.24, 2.45) is 0 Å². The van der Waals surface area contributed by atoms with Crippen LogP contribution in [-0.2, 0) is 0 Å². The molecule has 150 valence electrons. The second-order valence-corrected chi connectivity index (χ2v) is 6.77. The van der Waals surface area contributed by atoms with Crippen LogP contribution in [0.4, 0.5) is 14.5 Å². The molecular formula is C24H13F2N3O2. The first-order valence-corrected chi connectivity index (χ1v) is 9.15. The smallest absolute Gasteiger partial charge is 0.255 e. The van der Waals surface area contributed by atoms with Crippen LogP contribution in [0.5, 0.6) is 0 Å². The first-order valence-electron chi connectivity index (χ1n) is 9.15. The van der Waals surface area contributed by atoms with Gasteiger partial charge in [-0.15, -0.1) is 0 Å². The molecule has 4 aromatic rings. The number of nitrogens with zero attached hydrogens (tertiary/aromatic N) is 2. The number of anilines is 1. The van der Waals surface area contributed by atoms with Gasteiger partial charge in [0.25, 0.3) is 5.91 Å². The minimum atomic E-state index is -0.713. The number of hydrogen-bond donors (Lipinski definition) is 1. The Bertz CT molecular complexity index is 1390. The molecule has 0 aliphatic heterocycles. The molecule has 0 atom stereocenters. The van der Waals surface area contributed by atoms with Crippen molar-refractivity contribution in [2.75, 3.05) is 5.32 Å². The van der Waals surface area contributed by atoms with Crippen molar-refractivity contribution in [3.05, 3.63) is 107 Å². The summed E-state index contributed by atoms with van der Waals surface area (Å²) >= 11 is 0. The lowest BCUT2D eigenvalue weighted by Crippen LogP contribution is -2.13. The summed E-state index contributed by atoms with van der Waals surface area (Å²) in [5.74, 6) is -2.39. The Hall–Kier alpha value is -4.44. The van der Waals surface area contributed by atoms with Crippen LogP contribution in [0.3, 0.4) is 0 Å². The molecule has 0 unspecified atom stereocenters. The zero-order valence-electron chi connectivity index (χ0n) is 15.9. The molecule has 0 saturated carbocycles. The van der Waals surface area contributed by atoms with Crippen LogP contribution in [-0.4, -0.2) is 16.7 Å². The Kier molecular flexibility index (Phi) is 5.21. The lowest BCUT2D eigenvalue weighted by Gasteiger charge is -2.09. The number of amides is 1. The average molecular weight is 413 g/mol. The van der Waals surface area contributed by atoms with Crippen LogP contribution in [0, 0.1) is 23.0 Å². The van der Waals surface area contributed by atoms with Gasteiger partial charge in [-0.2, -0.15) is 5.26 Å². The van der Waals surface area contributed by atoms with E-state index in [1.54, 1.807) is 24.3 Å². The minimum Gasteiger partial charge on any atom is -0.322 e. The number of nitriles is 1. The highest BCUT2D eigenvalue weighted by Crippen LogP contribution is 2.21. The quantitative estimate of drug-likeness (QED) is 0.484. The topological polar surface area (TPSA) is 82.8 Å². The van der Waals surface area contributed by atoms with Gasteiger partial charge < -0.3 is 5.32 Å². The van der Waals surface area contributed by atoms with Crippen molar-refractivity contribution in [3.63, 3.8) is 0 Å². The zero-order valence-corrected chi connectivity index (χ0v) is 15.9. The molecular weight excluding hydrogens is 400 g/mol. The summed E-state index contributed by atoms with van der Waals surface area (Å²) in [6.45, 7) is 0. The number of nitrogens with one attached hydrogen (secondary N) is 1. The molecule has 7 heteroatoms. The van der Waals surface area contributed by atoms with Gasteiger partial charge in [0.1, 0.15) is 17.7 Å². The van der Waals surface area contributed by atoms with E-state index in [0.717, 1.165) is 18.2 Å². The van der Waals surface area contributed by atoms with Crippen molar-refractivity contribution in [3.8, 4) is 6.07 Å². The highest BCUT2D eigenvalue weighted by atomic mass is 19.1. The van der Waals surface area contributed by atoms with E-state index in [-0.39, 0.29) is 22.4 Å². The van der Waals surface area contributed by atoms with E-state index in [1.165, 1.54) is 30.5 Å². The van der Waals surface area contributed by atoms with Gasteiger partial charge in [0.2, 0.25) is 0 Å². The van der Waals surface area contributed by atoms with E-state index < -0.39 is 23.3 Å². The van der Waals surface area contributed by atoms with Gasteiger partial charge in [-0.1, -0.05) is 6.07 Å². The van der Waals surface area contributed by atoms with Crippen molar-refractivity contribution >= 4 is 28.3 Å². The number of aromatic nitrogens is 1. The molecule has 5 nitrogen and oxygen atoms in total. The first kappa shape index (κ1) is 19.9. The lowest BCUT2D eigenvalue weighted by atomic mass is 10.0. The summed E-state index contributed by atoms with van der Waals surface area (Å²) in [6, 6.07) is 16.9. The Morgan fingerprint density at radius 1 is 0.871 bits per heavy atom. The number of fused-ring (bicyclic) bond motifs is 1. The molecule has 1 amide bonds. The van der Waals surface area contributed by atoms with Crippen LogP contribution in [0.25, 0.3) is 10.9 Å². The zero-order chi connectivity index (χ0) is 22.0. The molecule has 31 heavy (non-hydrogen) atoms. The average Bonchev–Trinajstić information content (AvgIpc) is 2.77. The Morgan fingerprint density at radius 3 is 2.45 bits per heavy atom. The molecule has 0 fully saturated rings. The standard InChI is InChI=1S/C24H13F2N3O2/c25-19-3-1-2-16(8-19)24(31)29-21-10-18(9-20(26)11-21)23(30)15-4-5-22-17(7-15)6-14(12-27)13-28-22/h1-11,13H,(H,29,31). The van der Waals surface area contributed by atoms with Crippen molar-refractivity contribution in [1.82, 2.24) is 4.98 Å². The fraction of sp³-hybridized carbons (Fsp3) is 0. The first-order chi connectivity index (χ1) is 14.9. The molecule has 0 bridgehead atoms. The monoisotopic (exact) mass is 413 g/mol. The molecule has 4 rings (SSSR count). The molecule has 0 aliphatic carbocycles. The normalized spacial score (nSPS) is 10.5. The van der Waals surface area contributed by atoms with Crippen molar-refractivity contribution in [1.29, 1.82) is 5.26 Å². The van der Waals surface area contributed by atoms with Crippen LogP contribution in [0.2, 0.25) is 0 Å². The summed E-state index contributed by atoms with van der Waals surface area (Å²) in [5, 5.41) is 12.1. The Morgan fingerprint density at radius 2 is 1.68 bits per heavy atom. The van der Waals surface area contributed by atoms with Crippen LogP contribution >= 0.6 is 0 Å². The second-order valence-electron chi connectivity index (χ2n) is 6.77. The third kappa shape index (κ3) is 4.28. The van der Waals surface area contributed by atoms with Gasteiger partial charge in [0, 0.05) is 34.0 Å². The number of carbonyl (C=O) groups is 2. The van der Waals surface area contributed by atoms with Gasteiger partial charge in [-0.25, -0.2) is 8.78 Å². The van der Waals surface area contributed by atoms with Crippen LogP contribution in [0.15, 0.2) is 72.9 Å². The maximum atomic E-state index is 14.2. The fourth-order valence-electron chi connectivity index (χ4n) is 3.13. The molecule has 0 saturated heterocycles. The lowest BCUT2D eigenvalue weighted by molar-refractivity contribution is 0.102. The van der Waals surface area contributed by atoms with E-state index >= 15 is 0 Å². The predicted octanol–water partition coefficient (Wildman–Crippen LogP) is 4.87. The Balaban J connectivity index is 1.64. The number of halogens is 2. The van der Waals surface area contributed by atoms with Gasteiger partial charge >= 0.3 is 0 Å². The van der Waals surface area contributed by atoms with Crippen molar-refractivity contribution in [2.45, 2.75) is 0 Å². The summed E-state index contributed by atoms with van der Waals surface area (Å²) < 4.78 is 27.5. The van der Waals surface area contributed by atoms with Gasteiger partial charge in [0.15, 0.2) is 5.78 Å². The highest BCUT2D eigenvalue weighted by Gasteiger charge is 2.15. The Labute approximate surface area is 175 Å². The summed E-state index contributed by atoms with van der Waals surface area (Å²) in [7, 11) is 0. The molecule has 0 spiro atoms. The maximum absolute atomic E-state index is 14.2. The summed E-state index contributed by atoms with van der Waals surface area (Å²) in [5.41, 5.74) is 1.39. The molecule has 1 heterocycles. The maximum Gasteiger partial charge on any atom is 0.255 e. The number of hydrogen-bond acceptors (Lipinski definition) is 4. The summed E-state index contributed by atoms with van der Waals surface area (Å²) in [4.78, 5) is 29.4. The van der Waals surface area contributed by atoms with E-state index in [4.69, 9.17) is 5.26 Å². The van der Waals surface area contributed by atoms with E-state index in [0.29, 0.717) is 16.5 Å². The molecule has 1 N–H and O–H groups in total. The van der Waals surface area contributed by atoms with E-state index in [9.17, 15) is 18.4 Å². The number of rotatable bonds is 4.